The van der Waals surface area contributed by atoms with Crippen molar-refractivity contribution in [3.63, 3.8) is 0 Å². The van der Waals surface area contributed by atoms with E-state index < -0.39 is 6.04 Å². The first-order chi connectivity index (χ1) is 11.2. The van der Waals surface area contributed by atoms with E-state index in [9.17, 15) is 4.79 Å². The third-order valence-corrected chi connectivity index (χ3v) is 4.99. The second-order valence-corrected chi connectivity index (χ2v) is 6.46. The largest absolute Gasteiger partial charge is 0.354 e. The zero-order valence-corrected chi connectivity index (χ0v) is 14.6. The molecule has 0 aliphatic heterocycles. The van der Waals surface area contributed by atoms with E-state index in [1.54, 1.807) is 0 Å². The molecule has 128 valence electrons. The summed E-state index contributed by atoms with van der Waals surface area (Å²) in [4.78, 5) is 12.4. The maximum atomic E-state index is 12.4. The van der Waals surface area contributed by atoms with Crippen LogP contribution in [0.25, 0.3) is 0 Å². The van der Waals surface area contributed by atoms with Gasteiger partial charge < -0.3 is 11.1 Å². The van der Waals surface area contributed by atoms with Crippen LogP contribution in [0, 0.1) is 0 Å². The molecule has 3 nitrogen and oxygen atoms in total. The number of carbonyl (C=O) groups is 1. The van der Waals surface area contributed by atoms with Crippen LogP contribution in [0.3, 0.4) is 0 Å². The van der Waals surface area contributed by atoms with Crippen LogP contribution >= 0.6 is 12.4 Å². The van der Waals surface area contributed by atoms with Gasteiger partial charge in [0, 0.05) is 12.0 Å². The minimum Gasteiger partial charge on any atom is -0.354 e. The maximum Gasteiger partial charge on any atom is 0.241 e. The average molecular weight is 345 g/mol. The minimum atomic E-state index is -0.606. The second kappa shape index (κ2) is 8.32. The van der Waals surface area contributed by atoms with Gasteiger partial charge in [-0.2, -0.15) is 0 Å². The lowest BCUT2D eigenvalue weighted by molar-refractivity contribution is -0.122. The van der Waals surface area contributed by atoms with Crippen molar-refractivity contribution in [2.75, 3.05) is 6.54 Å². The maximum absolute atomic E-state index is 12.4. The van der Waals surface area contributed by atoms with Gasteiger partial charge >= 0.3 is 0 Å². The summed E-state index contributed by atoms with van der Waals surface area (Å²) in [6.45, 7) is 0.663. The van der Waals surface area contributed by atoms with Crippen LogP contribution in [0.4, 0.5) is 0 Å². The Bertz CT molecular complexity index is 639. The highest BCUT2D eigenvalue weighted by Gasteiger charge is 2.36. The summed E-state index contributed by atoms with van der Waals surface area (Å²) in [5, 5.41) is 3.10. The molecule has 0 aromatic heterocycles. The van der Waals surface area contributed by atoms with Gasteiger partial charge in [0.25, 0.3) is 0 Å². The number of nitrogens with one attached hydrogen (secondary N) is 1. The monoisotopic (exact) mass is 344 g/mol. The molecule has 24 heavy (non-hydrogen) atoms. The molecule has 2 aromatic rings. The Morgan fingerprint density at radius 2 is 1.54 bits per heavy atom. The molecule has 1 saturated carbocycles. The first-order valence-corrected chi connectivity index (χ1v) is 8.35. The van der Waals surface area contributed by atoms with Crippen LogP contribution in [-0.2, 0) is 10.2 Å². The van der Waals surface area contributed by atoms with Gasteiger partial charge in [-0.05, 0) is 24.0 Å². The van der Waals surface area contributed by atoms with E-state index in [-0.39, 0.29) is 23.7 Å². The zero-order valence-electron chi connectivity index (χ0n) is 13.8. The number of nitrogens with two attached hydrogens (primary N) is 1. The molecule has 4 heteroatoms. The number of hydrogen-bond donors (Lipinski definition) is 2. The van der Waals surface area contributed by atoms with Crippen molar-refractivity contribution in [1.82, 2.24) is 5.32 Å². The molecule has 0 saturated heterocycles. The van der Waals surface area contributed by atoms with Crippen molar-refractivity contribution in [3.05, 3.63) is 71.8 Å². The first kappa shape index (κ1) is 18.5. The summed E-state index contributed by atoms with van der Waals surface area (Å²) in [5.41, 5.74) is 8.33. The van der Waals surface area contributed by atoms with Crippen LogP contribution < -0.4 is 11.1 Å². The lowest BCUT2D eigenvalue weighted by Crippen LogP contribution is -2.42. The van der Waals surface area contributed by atoms with E-state index in [2.05, 4.69) is 29.6 Å². The van der Waals surface area contributed by atoms with E-state index >= 15 is 0 Å². The van der Waals surface area contributed by atoms with Crippen LogP contribution in [0.2, 0.25) is 0 Å². The Morgan fingerprint density at radius 1 is 1.00 bits per heavy atom. The fraction of sp³-hybridized carbons (Fsp3) is 0.350. The van der Waals surface area contributed by atoms with E-state index in [1.165, 1.54) is 18.4 Å². The van der Waals surface area contributed by atoms with Crippen molar-refractivity contribution >= 4 is 18.3 Å². The Balaban J connectivity index is 0.00000208. The predicted molar refractivity (Wildman–Crippen MR) is 100 cm³/mol. The standard InChI is InChI=1S/C20H24N2O.ClH/c21-18(16-9-3-1-4-10-16)19(23)22-15-20(13-7-8-14-20)17-11-5-2-6-12-17;/h1-6,9-12,18H,7-8,13-15,21H2,(H,22,23);1H. The van der Waals surface area contributed by atoms with Crippen molar-refractivity contribution in [3.8, 4) is 0 Å². The number of carbonyl (C=O) groups excluding carboxylic acids is 1. The first-order valence-electron chi connectivity index (χ1n) is 8.35. The van der Waals surface area contributed by atoms with E-state index in [4.69, 9.17) is 5.73 Å². The Morgan fingerprint density at radius 3 is 2.12 bits per heavy atom. The van der Waals surface area contributed by atoms with Crippen LogP contribution in [0.15, 0.2) is 60.7 Å². The highest BCUT2D eigenvalue weighted by molar-refractivity contribution is 5.85. The highest BCUT2D eigenvalue weighted by Crippen LogP contribution is 2.40. The molecule has 1 unspecified atom stereocenters. The third-order valence-electron chi connectivity index (χ3n) is 4.99. The molecular formula is C20H25ClN2O. The molecule has 0 heterocycles. The van der Waals surface area contributed by atoms with Gasteiger partial charge in [0.1, 0.15) is 6.04 Å². The minimum absolute atomic E-state index is 0. The topological polar surface area (TPSA) is 55.1 Å². The summed E-state index contributed by atoms with van der Waals surface area (Å²) in [7, 11) is 0. The number of amides is 1. The fourth-order valence-electron chi connectivity index (χ4n) is 3.59. The van der Waals surface area contributed by atoms with E-state index in [1.807, 2.05) is 36.4 Å². The quantitative estimate of drug-likeness (QED) is 0.868. The van der Waals surface area contributed by atoms with E-state index in [0.29, 0.717) is 6.54 Å². The van der Waals surface area contributed by atoms with Crippen molar-refractivity contribution in [1.29, 1.82) is 0 Å². The summed E-state index contributed by atoms with van der Waals surface area (Å²) in [6, 6.07) is 19.5. The lowest BCUT2D eigenvalue weighted by Gasteiger charge is -2.30. The average Bonchev–Trinajstić information content (AvgIpc) is 3.11. The summed E-state index contributed by atoms with van der Waals surface area (Å²) in [5.74, 6) is -0.0987. The normalized spacial score (nSPS) is 16.9. The molecule has 3 rings (SSSR count). The second-order valence-electron chi connectivity index (χ2n) is 6.46. The van der Waals surface area contributed by atoms with Gasteiger partial charge in [-0.15, -0.1) is 12.4 Å². The predicted octanol–water partition coefficient (Wildman–Crippen LogP) is 3.74. The van der Waals surface area contributed by atoms with Gasteiger partial charge in [0.2, 0.25) is 5.91 Å². The van der Waals surface area contributed by atoms with Crippen molar-refractivity contribution in [2.24, 2.45) is 5.73 Å². The van der Waals surface area contributed by atoms with Crippen LogP contribution in [0.5, 0.6) is 0 Å². The fourth-order valence-corrected chi connectivity index (χ4v) is 3.59. The molecule has 1 aliphatic carbocycles. The highest BCUT2D eigenvalue weighted by atomic mass is 35.5. The molecule has 0 radical (unpaired) electrons. The third kappa shape index (κ3) is 3.97. The molecule has 2 aromatic carbocycles. The number of benzene rings is 2. The molecule has 1 fully saturated rings. The molecule has 0 bridgehead atoms. The van der Waals surface area contributed by atoms with Crippen LogP contribution in [0.1, 0.15) is 42.9 Å². The Labute approximate surface area is 150 Å². The summed E-state index contributed by atoms with van der Waals surface area (Å²) < 4.78 is 0. The summed E-state index contributed by atoms with van der Waals surface area (Å²) >= 11 is 0. The number of hydrogen-bond acceptors (Lipinski definition) is 2. The van der Waals surface area contributed by atoms with Crippen molar-refractivity contribution in [2.45, 2.75) is 37.1 Å². The van der Waals surface area contributed by atoms with Crippen molar-refractivity contribution < 1.29 is 4.79 Å². The molecular weight excluding hydrogens is 320 g/mol. The Hall–Kier alpha value is -1.84. The van der Waals surface area contributed by atoms with Gasteiger partial charge in [-0.25, -0.2) is 0 Å². The molecule has 0 spiro atoms. The van der Waals surface area contributed by atoms with Gasteiger partial charge in [0.15, 0.2) is 0 Å². The molecule has 1 amide bonds. The zero-order chi connectivity index (χ0) is 16.1. The molecule has 3 N–H and O–H groups in total. The summed E-state index contributed by atoms with van der Waals surface area (Å²) in [6.07, 6.45) is 4.68. The van der Waals surface area contributed by atoms with Gasteiger partial charge in [-0.3, -0.25) is 4.79 Å². The number of rotatable bonds is 5. The lowest BCUT2D eigenvalue weighted by atomic mass is 9.79. The SMILES string of the molecule is Cl.NC(C(=O)NCC1(c2ccccc2)CCCC1)c1ccccc1. The smallest absolute Gasteiger partial charge is 0.241 e. The molecule has 1 aliphatic rings. The number of halogens is 1. The van der Waals surface area contributed by atoms with Gasteiger partial charge in [0.05, 0.1) is 0 Å². The Kier molecular flexibility index (Phi) is 6.41. The molecule has 1 atom stereocenters. The van der Waals surface area contributed by atoms with E-state index in [0.717, 1.165) is 18.4 Å². The van der Waals surface area contributed by atoms with Crippen LogP contribution in [-0.4, -0.2) is 12.5 Å². The van der Waals surface area contributed by atoms with Gasteiger partial charge in [-0.1, -0.05) is 73.5 Å².